The number of hydrogen-bond acceptors (Lipinski definition) is 6. The van der Waals surface area contributed by atoms with Crippen LogP contribution in [0.5, 0.6) is 5.75 Å². The van der Waals surface area contributed by atoms with E-state index in [9.17, 15) is 9.59 Å². The van der Waals surface area contributed by atoms with Crippen LogP contribution >= 0.6 is 0 Å². The number of carbonyl (C=O) groups excluding carboxylic acids is 2. The molecule has 2 aromatic carbocycles. The van der Waals surface area contributed by atoms with Crippen LogP contribution in [0.1, 0.15) is 65.4 Å². The Morgan fingerprint density at radius 1 is 1.10 bits per heavy atom. The SMILES string of the molecule is COC(=O)c1ccc2c(C3CCCCC3)c3n(c2c1)CC(C(=O)NCc1ncco1)Cc1cc(OC)ccc1-3. The summed E-state index contributed by atoms with van der Waals surface area (Å²) in [5.41, 5.74) is 6.15. The van der Waals surface area contributed by atoms with Gasteiger partial charge in [0.25, 0.3) is 0 Å². The smallest absolute Gasteiger partial charge is 0.337 e. The maximum atomic E-state index is 13.6. The lowest BCUT2D eigenvalue weighted by atomic mass is 9.81. The second kappa shape index (κ2) is 10.6. The van der Waals surface area contributed by atoms with Crippen LogP contribution in [0.15, 0.2) is 53.3 Å². The summed E-state index contributed by atoms with van der Waals surface area (Å²) in [6, 6.07) is 12.0. The fraction of sp³-hybridized carbons (Fsp3) is 0.387. The molecule has 2 aliphatic rings. The zero-order chi connectivity index (χ0) is 26.9. The molecular formula is C31H33N3O5. The zero-order valence-electron chi connectivity index (χ0n) is 22.4. The van der Waals surface area contributed by atoms with Gasteiger partial charge in [0, 0.05) is 23.0 Å². The van der Waals surface area contributed by atoms with Crippen LogP contribution in [0.4, 0.5) is 0 Å². The van der Waals surface area contributed by atoms with Crippen LogP contribution in [0.2, 0.25) is 0 Å². The van der Waals surface area contributed by atoms with Crippen LogP contribution in [-0.4, -0.2) is 35.6 Å². The van der Waals surface area contributed by atoms with Gasteiger partial charge in [0.15, 0.2) is 0 Å². The summed E-state index contributed by atoms with van der Waals surface area (Å²) in [6.07, 6.45) is 9.58. The molecule has 1 N–H and O–H groups in total. The number of fused-ring (bicyclic) bond motifs is 5. The Balaban J connectivity index is 1.53. The highest BCUT2D eigenvalue weighted by Gasteiger charge is 2.33. The number of hydrogen-bond donors (Lipinski definition) is 1. The van der Waals surface area contributed by atoms with Crippen molar-refractivity contribution in [3.8, 4) is 17.0 Å². The maximum Gasteiger partial charge on any atom is 0.337 e. The largest absolute Gasteiger partial charge is 0.497 e. The molecule has 0 bridgehead atoms. The summed E-state index contributed by atoms with van der Waals surface area (Å²) in [6.45, 7) is 0.712. The van der Waals surface area contributed by atoms with Gasteiger partial charge in [-0.05, 0) is 66.6 Å². The molecule has 202 valence electrons. The summed E-state index contributed by atoms with van der Waals surface area (Å²) >= 11 is 0. The Labute approximate surface area is 227 Å². The summed E-state index contributed by atoms with van der Waals surface area (Å²) in [4.78, 5) is 30.2. The van der Waals surface area contributed by atoms with E-state index in [1.807, 2.05) is 18.2 Å². The van der Waals surface area contributed by atoms with Gasteiger partial charge in [-0.15, -0.1) is 0 Å². The van der Waals surface area contributed by atoms with Gasteiger partial charge in [0.1, 0.15) is 12.0 Å². The second-order valence-electron chi connectivity index (χ2n) is 10.5. The lowest BCUT2D eigenvalue weighted by Crippen LogP contribution is -2.33. The van der Waals surface area contributed by atoms with E-state index in [1.165, 1.54) is 38.2 Å². The Kier molecular flexibility index (Phi) is 6.85. The van der Waals surface area contributed by atoms with Gasteiger partial charge in [-0.3, -0.25) is 4.79 Å². The first-order valence-corrected chi connectivity index (χ1v) is 13.6. The average Bonchev–Trinajstić information content (AvgIpc) is 3.57. The van der Waals surface area contributed by atoms with Crippen molar-refractivity contribution in [3.05, 3.63) is 71.4 Å². The van der Waals surface area contributed by atoms with E-state index in [0.29, 0.717) is 30.3 Å². The van der Waals surface area contributed by atoms with Crippen molar-refractivity contribution in [3.63, 3.8) is 0 Å². The van der Waals surface area contributed by atoms with Gasteiger partial charge in [0.2, 0.25) is 11.8 Å². The van der Waals surface area contributed by atoms with E-state index in [4.69, 9.17) is 13.9 Å². The molecule has 1 aliphatic heterocycles. The molecule has 1 aliphatic carbocycles. The molecule has 8 heteroatoms. The number of benzene rings is 2. The molecule has 2 aromatic heterocycles. The van der Waals surface area contributed by atoms with Crippen LogP contribution in [0, 0.1) is 5.92 Å². The van der Waals surface area contributed by atoms with Crippen molar-refractivity contribution < 1.29 is 23.5 Å². The van der Waals surface area contributed by atoms with Crippen LogP contribution in [0.25, 0.3) is 22.2 Å². The Hall–Kier alpha value is -4.07. The van der Waals surface area contributed by atoms with E-state index >= 15 is 0 Å². The zero-order valence-corrected chi connectivity index (χ0v) is 22.4. The van der Waals surface area contributed by atoms with E-state index in [2.05, 4.69) is 33.1 Å². The molecule has 0 radical (unpaired) electrons. The molecule has 1 fully saturated rings. The lowest BCUT2D eigenvalue weighted by molar-refractivity contribution is -0.125. The number of amides is 1. The van der Waals surface area contributed by atoms with Crippen molar-refractivity contribution in [1.82, 2.24) is 14.9 Å². The topological polar surface area (TPSA) is 95.6 Å². The van der Waals surface area contributed by atoms with Crippen molar-refractivity contribution in [1.29, 1.82) is 0 Å². The quantitative estimate of drug-likeness (QED) is 0.327. The highest BCUT2D eigenvalue weighted by atomic mass is 16.5. The van der Waals surface area contributed by atoms with Crippen LogP contribution < -0.4 is 10.1 Å². The first-order valence-electron chi connectivity index (χ1n) is 13.6. The van der Waals surface area contributed by atoms with Gasteiger partial charge in [-0.2, -0.15) is 0 Å². The van der Waals surface area contributed by atoms with Gasteiger partial charge >= 0.3 is 5.97 Å². The third-order valence-corrected chi connectivity index (χ3v) is 8.24. The molecule has 8 nitrogen and oxygen atoms in total. The third kappa shape index (κ3) is 4.68. The average molecular weight is 528 g/mol. The Morgan fingerprint density at radius 3 is 2.69 bits per heavy atom. The normalized spacial score (nSPS) is 17.2. The van der Waals surface area contributed by atoms with Crippen molar-refractivity contribution in [2.24, 2.45) is 5.92 Å². The second-order valence-corrected chi connectivity index (χ2v) is 10.5. The maximum absolute atomic E-state index is 13.6. The predicted octanol–water partition coefficient (Wildman–Crippen LogP) is 5.63. The monoisotopic (exact) mass is 527 g/mol. The molecule has 1 saturated carbocycles. The number of nitrogens with zero attached hydrogens (tertiary/aromatic N) is 2. The van der Waals surface area contributed by atoms with E-state index in [0.717, 1.165) is 46.3 Å². The molecule has 4 aromatic rings. The highest BCUT2D eigenvalue weighted by Crippen LogP contribution is 2.47. The summed E-state index contributed by atoms with van der Waals surface area (Å²) < 4.78 is 18.2. The molecule has 0 saturated heterocycles. The Morgan fingerprint density at radius 2 is 1.95 bits per heavy atom. The van der Waals surface area contributed by atoms with Crippen molar-refractivity contribution in [2.45, 2.75) is 57.5 Å². The number of nitrogens with one attached hydrogen (secondary N) is 1. The van der Waals surface area contributed by atoms with Crippen molar-refractivity contribution >= 4 is 22.8 Å². The first kappa shape index (κ1) is 25.2. The third-order valence-electron chi connectivity index (χ3n) is 8.24. The fourth-order valence-electron chi connectivity index (χ4n) is 6.38. The van der Waals surface area contributed by atoms with Crippen LogP contribution in [-0.2, 0) is 29.0 Å². The molecule has 1 amide bonds. The fourth-order valence-corrected chi connectivity index (χ4v) is 6.38. The number of methoxy groups -OCH3 is 2. The van der Waals surface area contributed by atoms with Gasteiger partial charge in [-0.1, -0.05) is 25.3 Å². The molecule has 6 rings (SSSR count). The minimum atomic E-state index is -0.370. The molecule has 0 spiro atoms. The van der Waals surface area contributed by atoms with E-state index in [1.54, 1.807) is 13.3 Å². The number of rotatable bonds is 6. The molecular weight excluding hydrogens is 494 g/mol. The van der Waals surface area contributed by atoms with Crippen molar-refractivity contribution in [2.75, 3.05) is 14.2 Å². The van der Waals surface area contributed by atoms with Crippen LogP contribution in [0.3, 0.4) is 0 Å². The molecule has 1 unspecified atom stereocenters. The minimum absolute atomic E-state index is 0.0694. The summed E-state index contributed by atoms with van der Waals surface area (Å²) in [5, 5.41) is 4.16. The molecule has 39 heavy (non-hydrogen) atoms. The highest BCUT2D eigenvalue weighted by molar-refractivity contribution is 5.99. The number of aromatic nitrogens is 2. The van der Waals surface area contributed by atoms with Gasteiger partial charge in [0.05, 0.1) is 44.1 Å². The molecule has 1 atom stereocenters. The summed E-state index contributed by atoms with van der Waals surface area (Å²) in [7, 11) is 3.06. The number of esters is 1. The molecule has 3 heterocycles. The van der Waals surface area contributed by atoms with Gasteiger partial charge in [-0.25, -0.2) is 9.78 Å². The minimum Gasteiger partial charge on any atom is -0.497 e. The summed E-state index contributed by atoms with van der Waals surface area (Å²) in [5.74, 6) is 0.874. The van der Waals surface area contributed by atoms with E-state index in [-0.39, 0.29) is 24.3 Å². The number of ether oxygens (including phenoxy) is 2. The first-order chi connectivity index (χ1) is 19.1. The number of oxazole rings is 1. The van der Waals surface area contributed by atoms with E-state index < -0.39 is 0 Å². The van der Waals surface area contributed by atoms with Gasteiger partial charge < -0.3 is 23.8 Å². The predicted molar refractivity (Wildman–Crippen MR) is 147 cm³/mol. The standard InChI is InChI=1S/C31H33N3O5/c1-37-23-9-11-24-21(15-23)14-22(30(35)33-17-27-32-12-13-39-27)18-34-26-16-20(31(36)38-2)8-10-25(26)28(29(24)34)19-6-4-3-5-7-19/h8-13,15-16,19,22H,3-7,14,17-18H2,1-2H3,(H,33,35). The number of carbonyl (C=O) groups is 2. The Bertz CT molecular complexity index is 1520. The lowest BCUT2D eigenvalue weighted by Gasteiger charge is -2.24.